The normalized spacial score (nSPS) is 19.3. The summed E-state index contributed by atoms with van der Waals surface area (Å²) in [5.74, 6) is 1.65. The van der Waals surface area contributed by atoms with Gasteiger partial charge in [0, 0.05) is 65.7 Å². The number of hydrogen-bond donors (Lipinski definition) is 0. The molecule has 1 saturated heterocycles. The Kier molecular flexibility index (Phi) is 7.06. The summed E-state index contributed by atoms with van der Waals surface area (Å²) in [5, 5.41) is 10.6. The lowest BCUT2D eigenvalue weighted by Crippen LogP contribution is -2.49. The van der Waals surface area contributed by atoms with Gasteiger partial charge in [-0.3, -0.25) is 24.0 Å². The summed E-state index contributed by atoms with van der Waals surface area (Å²) in [6.45, 7) is 13.4. The second-order valence-corrected chi connectivity index (χ2v) is 12.3. The molecule has 0 saturated carbocycles. The predicted molar refractivity (Wildman–Crippen MR) is 158 cm³/mol. The van der Waals surface area contributed by atoms with Gasteiger partial charge in [-0.1, -0.05) is 36.4 Å². The molecular weight excluding hydrogens is 544 g/mol. The van der Waals surface area contributed by atoms with E-state index in [0.717, 1.165) is 57.5 Å². The Balaban J connectivity index is 1.27. The number of hydrogen-bond acceptors (Lipinski definition) is 7. The molecular formula is C30H31ClN6O2S. The second kappa shape index (κ2) is 10.5. The third-order valence-corrected chi connectivity index (χ3v) is 9.41. The molecule has 0 unspecified atom stereocenters. The average Bonchev–Trinajstić information content (AvgIpc) is 3.53. The molecule has 206 valence electrons. The Bertz CT molecular complexity index is 1590. The van der Waals surface area contributed by atoms with E-state index in [2.05, 4.69) is 40.1 Å². The highest BCUT2D eigenvalue weighted by atomic mass is 35.5. The minimum absolute atomic E-state index is 0.0405. The van der Waals surface area contributed by atoms with Crippen molar-refractivity contribution < 1.29 is 9.59 Å². The number of thiophene rings is 1. The number of allylic oxidation sites excluding steroid dienone is 2. The van der Waals surface area contributed by atoms with Crippen molar-refractivity contribution in [2.45, 2.75) is 39.7 Å². The van der Waals surface area contributed by atoms with Gasteiger partial charge < -0.3 is 4.90 Å². The SMILES string of the molecule is C=C1C=C(CN2CCN(C(=O)C[C@@H]3N=C(c4ccc(Cl)cc4)c4c(sc(C)c4C)-n4c(C)nnc43)CC2)C(=O)C1. The Morgan fingerprint density at radius 2 is 1.82 bits per heavy atom. The molecule has 1 atom stereocenters. The highest BCUT2D eigenvalue weighted by Gasteiger charge is 2.34. The van der Waals surface area contributed by atoms with E-state index >= 15 is 0 Å². The fourth-order valence-corrected chi connectivity index (χ4v) is 6.99. The number of aliphatic imine (C=N–C) groups is 1. The summed E-state index contributed by atoms with van der Waals surface area (Å²) in [5.41, 5.74) is 5.70. The molecule has 3 aliphatic rings. The van der Waals surface area contributed by atoms with Crippen LogP contribution in [0.25, 0.3) is 5.00 Å². The maximum absolute atomic E-state index is 13.7. The zero-order valence-corrected chi connectivity index (χ0v) is 24.5. The van der Waals surface area contributed by atoms with Crippen molar-refractivity contribution in [2.24, 2.45) is 4.99 Å². The summed E-state index contributed by atoms with van der Waals surface area (Å²) in [7, 11) is 0. The van der Waals surface area contributed by atoms with Crippen LogP contribution in [-0.4, -0.2) is 74.7 Å². The summed E-state index contributed by atoms with van der Waals surface area (Å²) < 4.78 is 2.07. The van der Waals surface area contributed by atoms with Gasteiger partial charge in [0.15, 0.2) is 11.6 Å². The van der Waals surface area contributed by atoms with Gasteiger partial charge >= 0.3 is 0 Å². The van der Waals surface area contributed by atoms with Crippen LogP contribution in [0.4, 0.5) is 0 Å². The first kappa shape index (κ1) is 26.8. The van der Waals surface area contributed by atoms with Gasteiger partial charge in [0.1, 0.15) is 16.9 Å². The van der Waals surface area contributed by atoms with Crippen LogP contribution < -0.4 is 0 Å². The fourth-order valence-electron chi connectivity index (χ4n) is 5.65. The van der Waals surface area contributed by atoms with E-state index in [-0.39, 0.29) is 18.1 Å². The summed E-state index contributed by atoms with van der Waals surface area (Å²) in [6.07, 6.45) is 2.53. The van der Waals surface area contributed by atoms with Gasteiger partial charge in [0.2, 0.25) is 5.91 Å². The molecule has 1 amide bonds. The number of ketones is 1. The van der Waals surface area contributed by atoms with Gasteiger partial charge in [-0.25, -0.2) is 0 Å². The molecule has 0 radical (unpaired) electrons. The van der Waals surface area contributed by atoms with Crippen LogP contribution >= 0.6 is 22.9 Å². The van der Waals surface area contributed by atoms with Crippen molar-refractivity contribution in [3.8, 4) is 5.00 Å². The zero-order chi connectivity index (χ0) is 28.1. The molecule has 2 aliphatic heterocycles. The average molecular weight is 575 g/mol. The van der Waals surface area contributed by atoms with Gasteiger partial charge in [-0.2, -0.15) is 0 Å². The number of rotatable bonds is 5. The number of halogens is 1. The van der Waals surface area contributed by atoms with Crippen LogP contribution in [0.3, 0.4) is 0 Å². The number of carbonyl (C=O) groups excluding carboxylic acids is 2. The van der Waals surface area contributed by atoms with Crippen molar-refractivity contribution >= 4 is 40.3 Å². The van der Waals surface area contributed by atoms with Crippen molar-refractivity contribution in [1.82, 2.24) is 24.6 Å². The number of amides is 1. The van der Waals surface area contributed by atoms with Crippen LogP contribution in [-0.2, 0) is 9.59 Å². The van der Waals surface area contributed by atoms with E-state index in [1.54, 1.807) is 11.3 Å². The largest absolute Gasteiger partial charge is 0.340 e. The highest BCUT2D eigenvalue weighted by molar-refractivity contribution is 7.15. The van der Waals surface area contributed by atoms with Gasteiger partial charge in [0.05, 0.1) is 12.1 Å². The fraction of sp³-hybridized carbons (Fsp3) is 0.367. The Labute approximate surface area is 242 Å². The van der Waals surface area contributed by atoms with Crippen LogP contribution in [0.5, 0.6) is 0 Å². The molecule has 8 nitrogen and oxygen atoms in total. The molecule has 40 heavy (non-hydrogen) atoms. The first-order valence-electron chi connectivity index (χ1n) is 13.5. The number of Topliss-reactive ketones (excluding diaryl/α,β-unsaturated/α-hetero) is 1. The maximum Gasteiger partial charge on any atom is 0.225 e. The summed E-state index contributed by atoms with van der Waals surface area (Å²) in [6, 6.07) is 7.22. The number of carbonyl (C=O) groups is 2. The minimum atomic E-state index is -0.482. The van der Waals surface area contributed by atoms with E-state index < -0.39 is 6.04 Å². The lowest BCUT2D eigenvalue weighted by Gasteiger charge is -2.35. The van der Waals surface area contributed by atoms with Crippen molar-refractivity contribution in [2.75, 3.05) is 32.7 Å². The smallest absolute Gasteiger partial charge is 0.225 e. The number of aryl methyl sites for hydroxylation is 2. The van der Waals surface area contributed by atoms with E-state index in [1.165, 1.54) is 4.88 Å². The Morgan fingerprint density at radius 1 is 1.10 bits per heavy atom. The monoisotopic (exact) mass is 574 g/mol. The molecule has 6 rings (SSSR count). The Morgan fingerprint density at radius 3 is 2.50 bits per heavy atom. The first-order chi connectivity index (χ1) is 19.2. The molecule has 0 bridgehead atoms. The van der Waals surface area contributed by atoms with Gasteiger partial charge in [0.25, 0.3) is 0 Å². The van der Waals surface area contributed by atoms with E-state index in [9.17, 15) is 9.59 Å². The molecule has 1 aliphatic carbocycles. The third-order valence-electron chi connectivity index (χ3n) is 7.97. The zero-order valence-electron chi connectivity index (χ0n) is 22.9. The number of fused-ring (bicyclic) bond motifs is 3. The highest BCUT2D eigenvalue weighted by Crippen LogP contribution is 2.39. The van der Waals surface area contributed by atoms with Crippen LogP contribution in [0, 0.1) is 20.8 Å². The quantitative estimate of drug-likeness (QED) is 0.437. The molecule has 0 N–H and O–H groups in total. The summed E-state index contributed by atoms with van der Waals surface area (Å²) in [4.78, 5) is 36.4. The van der Waals surface area contributed by atoms with Crippen molar-refractivity contribution in [3.63, 3.8) is 0 Å². The van der Waals surface area contributed by atoms with Crippen molar-refractivity contribution in [1.29, 1.82) is 0 Å². The maximum atomic E-state index is 13.7. The van der Waals surface area contributed by atoms with E-state index in [0.29, 0.717) is 36.9 Å². The van der Waals surface area contributed by atoms with Crippen molar-refractivity contribution in [3.05, 3.63) is 86.3 Å². The van der Waals surface area contributed by atoms with E-state index in [4.69, 9.17) is 16.6 Å². The molecule has 2 aromatic heterocycles. The molecule has 1 fully saturated rings. The minimum Gasteiger partial charge on any atom is -0.340 e. The molecule has 1 aromatic carbocycles. The lowest BCUT2D eigenvalue weighted by atomic mass is 9.99. The lowest BCUT2D eigenvalue weighted by molar-refractivity contribution is -0.133. The molecule has 3 aromatic rings. The Hall–Kier alpha value is -3.40. The second-order valence-electron chi connectivity index (χ2n) is 10.7. The molecule has 4 heterocycles. The third kappa shape index (κ3) is 4.87. The predicted octanol–water partition coefficient (Wildman–Crippen LogP) is 4.79. The topological polar surface area (TPSA) is 83.7 Å². The molecule has 0 spiro atoms. The van der Waals surface area contributed by atoms with Crippen LogP contribution in [0.2, 0.25) is 5.02 Å². The van der Waals surface area contributed by atoms with Crippen LogP contribution in [0.15, 0.2) is 53.1 Å². The number of piperazine rings is 1. The van der Waals surface area contributed by atoms with Crippen LogP contribution in [0.1, 0.15) is 52.1 Å². The first-order valence-corrected chi connectivity index (χ1v) is 14.7. The number of aromatic nitrogens is 3. The number of benzene rings is 1. The van der Waals surface area contributed by atoms with Gasteiger partial charge in [-0.05, 0) is 44.0 Å². The standard InChI is InChI=1S/C30H31ClN6O2S/c1-17-13-22(25(38)14-17)16-35-9-11-36(12-10-35)26(39)15-24-29-34-33-20(4)37(29)30-27(18(2)19(3)40-30)28(32-24)21-5-7-23(31)8-6-21/h5-8,13,24H,1,9-12,14-16H2,2-4H3/t24-/m0/s1. The van der Waals surface area contributed by atoms with E-state index in [1.807, 2.05) is 42.2 Å². The van der Waals surface area contributed by atoms with Gasteiger partial charge in [-0.15, -0.1) is 21.5 Å². The molecule has 10 heteroatoms. The number of nitrogens with zero attached hydrogens (tertiary/aromatic N) is 6. The summed E-state index contributed by atoms with van der Waals surface area (Å²) >= 11 is 7.91.